The molecule has 0 radical (unpaired) electrons. The molecule has 2 N–H and O–H groups in total. The predicted octanol–water partition coefficient (Wildman–Crippen LogP) is 6.76. The van der Waals surface area contributed by atoms with Crippen molar-refractivity contribution < 1.29 is 4.79 Å². The first kappa shape index (κ1) is 22.5. The number of unbranched alkanes of at least 4 members (excludes halogenated alkanes) is 10. The fourth-order valence-electron chi connectivity index (χ4n) is 3.71. The molecule has 0 aliphatic rings. The summed E-state index contributed by atoms with van der Waals surface area (Å²) in [6, 6.07) is 0. The maximum Gasteiger partial charge on any atom is 0.223 e. The third-order valence-electron chi connectivity index (χ3n) is 5.27. The molecule has 23 heavy (non-hydrogen) atoms. The lowest BCUT2D eigenvalue weighted by Gasteiger charge is -2.30. The van der Waals surface area contributed by atoms with E-state index in [-0.39, 0.29) is 11.3 Å². The van der Waals surface area contributed by atoms with Gasteiger partial charge in [0, 0.05) is 5.41 Å². The first-order chi connectivity index (χ1) is 11.1. The van der Waals surface area contributed by atoms with Crippen LogP contribution in [0.25, 0.3) is 0 Å². The smallest absolute Gasteiger partial charge is 0.223 e. The highest BCUT2D eigenvalue weighted by Gasteiger charge is 2.34. The van der Waals surface area contributed by atoms with Crippen LogP contribution in [0.1, 0.15) is 124 Å². The van der Waals surface area contributed by atoms with Gasteiger partial charge in [0.25, 0.3) is 0 Å². The van der Waals surface area contributed by atoms with E-state index in [1.54, 1.807) is 0 Å². The van der Waals surface area contributed by atoms with Gasteiger partial charge in [-0.2, -0.15) is 0 Å². The minimum atomic E-state index is -0.218. The highest BCUT2D eigenvalue weighted by Crippen LogP contribution is 2.36. The number of amides is 1. The van der Waals surface area contributed by atoms with Gasteiger partial charge in [0.1, 0.15) is 0 Å². The van der Waals surface area contributed by atoms with Gasteiger partial charge >= 0.3 is 0 Å². The molecule has 0 heterocycles. The Morgan fingerprint density at radius 2 is 1.00 bits per heavy atom. The fraction of sp³-hybridized carbons (Fsp3) is 0.952. The van der Waals surface area contributed by atoms with E-state index in [1.165, 1.54) is 77.0 Å². The molecular formula is C21H43NO. The number of carbonyl (C=O) groups is 1. The SMILES string of the molecule is CCCCCCCCC(CCC)(CCCCCCCC)C(N)=O. The lowest BCUT2D eigenvalue weighted by molar-refractivity contribution is -0.129. The molecule has 0 aromatic heterocycles. The first-order valence-electron chi connectivity index (χ1n) is 10.4. The molecule has 0 atom stereocenters. The molecule has 0 saturated heterocycles. The second-order valence-electron chi connectivity index (χ2n) is 7.43. The summed E-state index contributed by atoms with van der Waals surface area (Å²) in [4.78, 5) is 12.2. The molecule has 0 spiro atoms. The van der Waals surface area contributed by atoms with Crippen LogP contribution in [-0.2, 0) is 4.79 Å². The molecular weight excluding hydrogens is 282 g/mol. The van der Waals surface area contributed by atoms with Crippen molar-refractivity contribution in [1.82, 2.24) is 0 Å². The van der Waals surface area contributed by atoms with E-state index in [2.05, 4.69) is 20.8 Å². The van der Waals surface area contributed by atoms with E-state index >= 15 is 0 Å². The summed E-state index contributed by atoms with van der Waals surface area (Å²) in [6.07, 6.45) is 19.5. The molecule has 1 amide bonds. The van der Waals surface area contributed by atoms with Gasteiger partial charge in [0.15, 0.2) is 0 Å². The van der Waals surface area contributed by atoms with Crippen LogP contribution in [0.4, 0.5) is 0 Å². The number of hydrogen-bond acceptors (Lipinski definition) is 1. The lowest BCUT2D eigenvalue weighted by atomic mass is 9.74. The number of primary amides is 1. The third kappa shape index (κ3) is 10.8. The van der Waals surface area contributed by atoms with E-state index in [9.17, 15) is 4.79 Å². The van der Waals surface area contributed by atoms with Gasteiger partial charge in [-0.1, -0.05) is 104 Å². The largest absolute Gasteiger partial charge is 0.369 e. The van der Waals surface area contributed by atoms with Crippen molar-refractivity contribution in [3.05, 3.63) is 0 Å². The monoisotopic (exact) mass is 325 g/mol. The second kappa shape index (κ2) is 15.0. The Bertz CT molecular complexity index is 259. The van der Waals surface area contributed by atoms with Crippen LogP contribution in [0, 0.1) is 5.41 Å². The van der Waals surface area contributed by atoms with Crippen LogP contribution < -0.4 is 5.73 Å². The van der Waals surface area contributed by atoms with Crippen molar-refractivity contribution in [1.29, 1.82) is 0 Å². The van der Waals surface area contributed by atoms with Crippen molar-refractivity contribution in [2.24, 2.45) is 11.1 Å². The number of nitrogens with two attached hydrogens (primary N) is 1. The summed E-state index contributed by atoms with van der Waals surface area (Å²) in [7, 11) is 0. The van der Waals surface area contributed by atoms with Gasteiger partial charge < -0.3 is 5.73 Å². The van der Waals surface area contributed by atoms with Crippen molar-refractivity contribution in [2.75, 3.05) is 0 Å². The van der Waals surface area contributed by atoms with E-state index < -0.39 is 0 Å². The average molecular weight is 326 g/mol. The molecule has 0 saturated carbocycles. The summed E-state index contributed by atoms with van der Waals surface area (Å²) < 4.78 is 0. The van der Waals surface area contributed by atoms with Crippen LogP contribution >= 0.6 is 0 Å². The van der Waals surface area contributed by atoms with Crippen LogP contribution in [0.15, 0.2) is 0 Å². The lowest BCUT2D eigenvalue weighted by Crippen LogP contribution is -2.37. The van der Waals surface area contributed by atoms with Crippen molar-refractivity contribution in [2.45, 2.75) is 124 Å². The zero-order valence-corrected chi connectivity index (χ0v) is 16.3. The zero-order chi connectivity index (χ0) is 17.4. The number of carbonyl (C=O) groups excluding carboxylic acids is 1. The van der Waals surface area contributed by atoms with Crippen molar-refractivity contribution in [3.8, 4) is 0 Å². The minimum absolute atomic E-state index is 0.0403. The Kier molecular flexibility index (Phi) is 14.7. The van der Waals surface area contributed by atoms with Crippen LogP contribution in [0.3, 0.4) is 0 Å². The Morgan fingerprint density at radius 3 is 1.35 bits per heavy atom. The van der Waals surface area contributed by atoms with Gasteiger partial charge in [0.2, 0.25) is 5.91 Å². The molecule has 2 nitrogen and oxygen atoms in total. The highest BCUT2D eigenvalue weighted by atomic mass is 16.1. The summed E-state index contributed by atoms with van der Waals surface area (Å²) in [5.41, 5.74) is 5.63. The quantitative estimate of drug-likeness (QED) is 0.295. The third-order valence-corrected chi connectivity index (χ3v) is 5.27. The normalized spacial score (nSPS) is 11.8. The molecule has 0 aliphatic heterocycles. The van der Waals surface area contributed by atoms with E-state index in [0.717, 1.165) is 25.7 Å². The van der Waals surface area contributed by atoms with E-state index in [0.29, 0.717) is 0 Å². The van der Waals surface area contributed by atoms with E-state index in [1.807, 2.05) is 0 Å². The van der Waals surface area contributed by atoms with E-state index in [4.69, 9.17) is 5.73 Å². The minimum Gasteiger partial charge on any atom is -0.369 e. The standard InChI is InChI=1S/C21H43NO/c1-4-7-9-11-13-15-18-21(17-6-3,20(22)23)19-16-14-12-10-8-5-2/h4-19H2,1-3H3,(H2,22,23). The zero-order valence-electron chi connectivity index (χ0n) is 16.3. The summed E-state index contributed by atoms with van der Waals surface area (Å²) in [6.45, 7) is 6.68. The van der Waals surface area contributed by atoms with Gasteiger partial charge in [-0.3, -0.25) is 4.79 Å². The molecule has 0 unspecified atom stereocenters. The van der Waals surface area contributed by atoms with Gasteiger partial charge in [-0.05, 0) is 19.3 Å². The Morgan fingerprint density at radius 1 is 0.609 bits per heavy atom. The number of hydrogen-bond donors (Lipinski definition) is 1. The molecule has 2 heteroatoms. The summed E-state index contributed by atoms with van der Waals surface area (Å²) in [5.74, 6) is -0.0403. The Balaban J connectivity index is 4.20. The van der Waals surface area contributed by atoms with Crippen LogP contribution in [0.5, 0.6) is 0 Å². The molecule has 0 aliphatic carbocycles. The maximum atomic E-state index is 12.2. The van der Waals surface area contributed by atoms with Gasteiger partial charge in [-0.25, -0.2) is 0 Å². The van der Waals surface area contributed by atoms with Crippen molar-refractivity contribution >= 4 is 5.91 Å². The Hall–Kier alpha value is -0.530. The topological polar surface area (TPSA) is 43.1 Å². The van der Waals surface area contributed by atoms with Gasteiger partial charge in [0.05, 0.1) is 0 Å². The molecule has 0 bridgehead atoms. The molecule has 0 aromatic rings. The van der Waals surface area contributed by atoms with Crippen molar-refractivity contribution in [3.63, 3.8) is 0 Å². The Labute approximate surface area is 146 Å². The van der Waals surface area contributed by atoms with Gasteiger partial charge in [-0.15, -0.1) is 0 Å². The second-order valence-corrected chi connectivity index (χ2v) is 7.43. The average Bonchev–Trinajstić information content (AvgIpc) is 2.53. The predicted molar refractivity (Wildman–Crippen MR) is 103 cm³/mol. The number of rotatable bonds is 17. The molecule has 0 rings (SSSR count). The highest BCUT2D eigenvalue weighted by molar-refractivity contribution is 5.80. The molecule has 0 fully saturated rings. The fourth-order valence-corrected chi connectivity index (χ4v) is 3.71. The van der Waals surface area contributed by atoms with Crippen LogP contribution in [0.2, 0.25) is 0 Å². The molecule has 0 aromatic carbocycles. The summed E-state index contributed by atoms with van der Waals surface area (Å²) >= 11 is 0. The van der Waals surface area contributed by atoms with Crippen LogP contribution in [-0.4, -0.2) is 5.91 Å². The first-order valence-corrected chi connectivity index (χ1v) is 10.4. The molecule has 138 valence electrons. The summed E-state index contributed by atoms with van der Waals surface area (Å²) in [5, 5.41) is 0. The maximum absolute atomic E-state index is 12.2.